The predicted octanol–water partition coefficient (Wildman–Crippen LogP) is 3.35. The van der Waals surface area contributed by atoms with Crippen LogP contribution in [0.4, 0.5) is 0 Å². The molecule has 27 heavy (non-hydrogen) atoms. The average Bonchev–Trinajstić information content (AvgIpc) is 3.27. The molecule has 0 saturated carbocycles. The maximum absolute atomic E-state index is 13.0. The minimum absolute atomic E-state index is 0.118. The fourth-order valence-corrected chi connectivity index (χ4v) is 3.64. The van der Waals surface area contributed by atoms with Gasteiger partial charge >= 0.3 is 5.97 Å². The van der Waals surface area contributed by atoms with Crippen molar-refractivity contribution in [3.63, 3.8) is 0 Å². The zero-order valence-corrected chi connectivity index (χ0v) is 15.9. The second-order valence-corrected chi connectivity index (χ2v) is 6.91. The number of likely N-dealkylation sites (tertiary alicyclic amines) is 1. The monoisotopic (exact) mass is 368 g/mol. The van der Waals surface area contributed by atoms with E-state index in [9.17, 15) is 14.4 Å². The Labute approximate surface area is 158 Å². The highest BCUT2D eigenvalue weighted by Crippen LogP contribution is 2.26. The number of ether oxygens (including phenoxy) is 1. The summed E-state index contributed by atoms with van der Waals surface area (Å²) >= 11 is 0. The Morgan fingerprint density at radius 3 is 2.26 bits per heavy atom. The lowest BCUT2D eigenvalue weighted by Crippen LogP contribution is -2.35. The van der Waals surface area contributed by atoms with Crippen molar-refractivity contribution >= 4 is 17.7 Å². The van der Waals surface area contributed by atoms with Crippen molar-refractivity contribution < 1.29 is 19.1 Å². The molecule has 0 unspecified atom stereocenters. The summed E-state index contributed by atoms with van der Waals surface area (Å²) < 4.78 is 5.65. The first kappa shape index (κ1) is 18.9. The first-order chi connectivity index (χ1) is 12.9. The fourth-order valence-electron chi connectivity index (χ4n) is 3.64. The van der Waals surface area contributed by atoms with Crippen LogP contribution in [0, 0.1) is 13.8 Å². The Hall–Kier alpha value is -2.89. The van der Waals surface area contributed by atoms with Gasteiger partial charge in [-0.1, -0.05) is 30.3 Å². The van der Waals surface area contributed by atoms with Crippen LogP contribution in [0.15, 0.2) is 30.3 Å². The molecule has 0 radical (unpaired) electrons. The standard InChI is InChI=1S/C21H24N2O4/c1-13-17(15(3)24)14(2)22-18(13)21(26)27-19(16-9-5-4-6-10-16)20(25)23-11-7-8-12-23/h4-6,9-10,19,22H,7-8,11-12H2,1-3H3/t19-/m1/s1. The molecule has 2 heterocycles. The van der Waals surface area contributed by atoms with Gasteiger partial charge in [-0.05, 0) is 39.2 Å². The zero-order chi connectivity index (χ0) is 19.6. The summed E-state index contributed by atoms with van der Waals surface area (Å²) in [6.45, 7) is 6.26. The molecule has 6 nitrogen and oxygen atoms in total. The molecule has 1 atom stereocenters. The van der Waals surface area contributed by atoms with Crippen molar-refractivity contribution in [3.05, 3.63) is 58.4 Å². The molecular formula is C21H24N2O4. The van der Waals surface area contributed by atoms with Gasteiger partial charge in [0.15, 0.2) is 5.78 Å². The minimum Gasteiger partial charge on any atom is -0.443 e. The van der Waals surface area contributed by atoms with E-state index in [1.54, 1.807) is 30.9 Å². The van der Waals surface area contributed by atoms with E-state index in [1.807, 2.05) is 18.2 Å². The summed E-state index contributed by atoms with van der Waals surface area (Å²) in [6, 6.07) is 9.02. The Kier molecular flexibility index (Phi) is 5.44. The molecule has 3 rings (SSSR count). The number of esters is 1. The minimum atomic E-state index is -0.999. The van der Waals surface area contributed by atoms with Crippen molar-refractivity contribution in [1.82, 2.24) is 9.88 Å². The predicted molar refractivity (Wildman–Crippen MR) is 101 cm³/mol. The zero-order valence-electron chi connectivity index (χ0n) is 15.9. The number of nitrogens with one attached hydrogen (secondary N) is 1. The molecule has 2 aromatic rings. The normalized spacial score (nSPS) is 14.9. The van der Waals surface area contributed by atoms with Crippen molar-refractivity contribution in [3.8, 4) is 0 Å². The number of H-pyrrole nitrogens is 1. The van der Waals surface area contributed by atoms with Gasteiger partial charge in [0, 0.05) is 29.9 Å². The largest absolute Gasteiger partial charge is 0.443 e. The van der Waals surface area contributed by atoms with Gasteiger partial charge in [0.05, 0.1) is 0 Å². The number of hydrogen-bond acceptors (Lipinski definition) is 4. The maximum atomic E-state index is 13.0. The second-order valence-electron chi connectivity index (χ2n) is 6.91. The molecule has 0 spiro atoms. The highest BCUT2D eigenvalue weighted by Gasteiger charge is 2.32. The van der Waals surface area contributed by atoms with Gasteiger partial charge in [-0.25, -0.2) is 4.79 Å². The molecule has 1 amide bonds. The number of rotatable bonds is 5. The summed E-state index contributed by atoms with van der Waals surface area (Å²) in [6.07, 6.45) is 0.913. The average molecular weight is 368 g/mol. The molecule has 142 valence electrons. The van der Waals surface area contributed by atoms with Crippen LogP contribution >= 0.6 is 0 Å². The molecule has 0 bridgehead atoms. The molecule has 1 aliphatic rings. The van der Waals surface area contributed by atoms with Crippen LogP contribution in [0.3, 0.4) is 0 Å². The third kappa shape index (κ3) is 3.79. The van der Waals surface area contributed by atoms with E-state index >= 15 is 0 Å². The molecular weight excluding hydrogens is 344 g/mol. The van der Waals surface area contributed by atoms with Crippen LogP contribution in [0.5, 0.6) is 0 Å². The second kappa shape index (κ2) is 7.78. The Bertz CT molecular complexity index is 864. The van der Waals surface area contributed by atoms with Crippen LogP contribution < -0.4 is 0 Å². The first-order valence-electron chi connectivity index (χ1n) is 9.15. The van der Waals surface area contributed by atoms with Crippen molar-refractivity contribution in [1.29, 1.82) is 0 Å². The number of Topliss-reactive ketones (excluding diaryl/α,β-unsaturated/α-hetero) is 1. The van der Waals surface area contributed by atoms with Gasteiger partial charge in [-0.3, -0.25) is 9.59 Å². The number of nitrogens with zero attached hydrogens (tertiary/aromatic N) is 1. The van der Waals surface area contributed by atoms with Gasteiger partial charge in [-0.2, -0.15) is 0 Å². The Balaban J connectivity index is 1.90. The summed E-state index contributed by atoms with van der Waals surface area (Å²) in [7, 11) is 0. The lowest BCUT2D eigenvalue weighted by molar-refractivity contribution is -0.140. The Morgan fingerprint density at radius 1 is 1.07 bits per heavy atom. The van der Waals surface area contributed by atoms with Gasteiger partial charge < -0.3 is 14.6 Å². The maximum Gasteiger partial charge on any atom is 0.356 e. The number of carbonyl (C=O) groups excluding carboxylic acids is 3. The van der Waals surface area contributed by atoms with E-state index in [-0.39, 0.29) is 17.4 Å². The number of amides is 1. The van der Waals surface area contributed by atoms with E-state index in [2.05, 4.69) is 4.98 Å². The van der Waals surface area contributed by atoms with E-state index in [4.69, 9.17) is 4.74 Å². The van der Waals surface area contributed by atoms with Gasteiger partial charge in [0.25, 0.3) is 5.91 Å². The summed E-state index contributed by atoms with van der Waals surface area (Å²) in [4.78, 5) is 42.3. The third-order valence-electron chi connectivity index (χ3n) is 4.96. The van der Waals surface area contributed by atoms with E-state index in [0.29, 0.717) is 35.5 Å². The summed E-state index contributed by atoms with van der Waals surface area (Å²) in [5.74, 6) is -0.961. The number of aryl methyl sites for hydroxylation is 1. The van der Waals surface area contributed by atoms with Crippen molar-refractivity contribution in [2.75, 3.05) is 13.1 Å². The Morgan fingerprint density at radius 2 is 1.70 bits per heavy atom. The molecule has 1 aromatic carbocycles. The van der Waals surface area contributed by atoms with Crippen LogP contribution in [0.25, 0.3) is 0 Å². The quantitative estimate of drug-likeness (QED) is 0.648. The number of carbonyl (C=O) groups is 3. The lowest BCUT2D eigenvalue weighted by Gasteiger charge is -2.23. The van der Waals surface area contributed by atoms with Gasteiger partial charge in [0.2, 0.25) is 6.10 Å². The summed E-state index contributed by atoms with van der Waals surface area (Å²) in [5.41, 5.74) is 2.51. The number of aromatic nitrogens is 1. The molecule has 1 aliphatic heterocycles. The number of aromatic amines is 1. The van der Waals surface area contributed by atoms with Crippen molar-refractivity contribution in [2.45, 2.75) is 39.7 Å². The third-order valence-corrected chi connectivity index (χ3v) is 4.96. The lowest BCUT2D eigenvalue weighted by atomic mass is 10.1. The molecule has 1 fully saturated rings. The molecule has 6 heteroatoms. The fraction of sp³-hybridized carbons (Fsp3) is 0.381. The highest BCUT2D eigenvalue weighted by atomic mass is 16.5. The van der Waals surface area contributed by atoms with Gasteiger partial charge in [-0.15, -0.1) is 0 Å². The molecule has 1 N–H and O–H groups in total. The first-order valence-corrected chi connectivity index (χ1v) is 9.15. The number of ketones is 1. The van der Waals surface area contributed by atoms with E-state index in [0.717, 1.165) is 12.8 Å². The highest BCUT2D eigenvalue weighted by molar-refractivity contribution is 6.01. The molecule has 1 saturated heterocycles. The van der Waals surface area contributed by atoms with Gasteiger partial charge in [0.1, 0.15) is 5.69 Å². The van der Waals surface area contributed by atoms with Crippen LogP contribution in [-0.4, -0.2) is 40.6 Å². The molecule has 0 aliphatic carbocycles. The van der Waals surface area contributed by atoms with Crippen LogP contribution in [0.1, 0.15) is 63.5 Å². The van der Waals surface area contributed by atoms with E-state index in [1.165, 1.54) is 6.92 Å². The number of benzene rings is 1. The van der Waals surface area contributed by atoms with Crippen LogP contribution in [-0.2, 0) is 9.53 Å². The smallest absolute Gasteiger partial charge is 0.356 e. The van der Waals surface area contributed by atoms with E-state index < -0.39 is 12.1 Å². The number of hydrogen-bond donors (Lipinski definition) is 1. The SMILES string of the molecule is CC(=O)c1c(C)[nH]c(C(=O)O[C@@H](C(=O)N2CCCC2)c2ccccc2)c1C. The molecule has 1 aromatic heterocycles. The topological polar surface area (TPSA) is 79.5 Å². The van der Waals surface area contributed by atoms with Crippen LogP contribution in [0.2, 0.25) is 0 Å². The summed E-state index contributed by atoms with van der Waals surface area (Å²) in [5, 5.41) is 0. The van der Waals surface area contributed by atoms with Crippen molar-refractivity contribution in [2.24, 2.45) is 0 Å².